The van der Waals surface area contributed by atoms with E-state index < -0.39 is 17.2 Å². The molecule has 1 atom stereocenters. The molecule has 4 aromatic heterocycles. The van der Waals surface area contributed by atoms with E-state index >= 15 is 0 Å². The molecule has 1 fully saturated rings. The summed E-state index contributed by atoms with van der Waals surface area (Å²) in [6.45, 7) is 0.170. The van der Waals surface area contributed by atoms with Crippen molar-refractivity contribution in [3.8, 4) is 22.5 Å². The first-order valence-electron chi connectivity index (χ1n) is 8.85. The van der Waals surface area contributed by atoms with Crippen LogP contribution in [0.4, 0.5) is 13.2 Å². The molecule has 28 heavy (non-hydrogen) atoms. The summed E-state index contributed by atoms with van der Waals surface area (Å²) in [5, 5.41) is 12.2. The lowest BCUT2D eigenvalue weighted by atomic mass is 9.95. The monoisotopic (exact) mass is 382 g/mol. The van der Waals surface area contributed by atoms with Crippen LogP contribution in [0.25, 0.3) is 33.5 Å². The molecule has 0 radical (unpaired) electrons. The highest BCUT2D eigenvalue weighted by Crippen LogP contribution is 2.66. The Morgan fingerprint density at radius 1 is 1.11 bits per heavy atom. The average Bonchev–Trinajstić information content (AvgIpc) is 3.11. The third-order valence-corrected chi connectivity index (χ3v) is 5.82. The van der Waals surface area contributed by atoms with Gasteiger partial charge in [0.2, 0.25) is 0 Å². The molecule has 0 unspecified atom stereocenters. The fourth-order valence-electron chi connectivity index (χ4n) is 4.26. The van der Waals surface area contributed by atoms with Crippen LogP contribution in [0.3, 0.4) is 0 Å². The molecule has 1 saturated carbocycles. The van der Waals surface area contributed by atoms with Gasteiger partial charge in [-0.2, -0.15) is 10.2 Å². The van der Waals surface area contributed by atoms with Crippen LogP contribution in [-0.4, -0.2) is 35.9 Å². The second-order valence-corrected chi connectivity index (χ2v) is 7.52. The van der Waals surface area contributed by atoms with E-state index in [0.717, 1.165) is 28.4 Å². The Bertz CT molecular complexity index is 1240. The molecular weight excluding hydrogens is 369 g/mol. The maximum absolute atomic E-state index is 14.0. The van der Waals surface area contributed by atoms with E-state index in [0.29, 0.717) is 17.0 Å². The molecule has 0 amide bonds. The van der Waals surface area contributed by atoms with E-state index in [-0.39, 0.29) is 19.4 Å². The number of nitrogens with zero attached hydrogens (tertiary/aromatic N) is 5. The van der Waals surface area contributed by atoms with Gasteiger partial charge in [0, 0.05) is 35.7 Å². The Morgan fingerprint density at radius 3 is 2.71 bits per heavy atom. The number of H-pyrrole nitrogens is 1. The highest BCUT2D eigenvalue weighted by molar-refractivity contribution is 5.97. The molecule has 9 heteroatoms. The molecule has 2 aliphatic rings. The van der Waals surface area contributed by atoms with E-state index in [4.69, 9.17) is 0 Å². The van der Waals surface area contributed by atoms with E-state index in [9.17, 15) is 13.2 Å². The lowest BCUT2D eigenvalue weighted by Crippen LogP contribution is -2.13. The number of rotatable bonds is 2. The standard InChI is InChI=1S/C19H13F3N6/c20-10-1-2-13(24-6-10)16-15(11-3-4-23-17-12(11)7-25-26-17)14-5-18(8-19(18,21)22)9-28(14)27-16/h1-4,6-7H,5,8-9H2,(H,23,25,26)/t18-/m0/s1. The maximum atomic E-state index is 14.0. The smallest absolute Gasteiger partial charge is 0.256 e. The van der Waals surface area contributed by atoms with Gasteiger partial charge in [-0.15, -0.1) is 0 Å². The molecule has 1 N–H and O–H groups in total. The van der Waals surface area contributed by atoms with Gasteiger partial charge in [-0.05, 0) is 23.8 Å². The molecule has 140 valence electrons. The number of alkyl halides is 2. The largest absolute Gasteiger partial charge is 0.267 e. The summed E-state index contributed by atoms with van der Waals surface area (Å²) in [5.41, 5.74) is 2.86. The lowest BCUT2D eigenvalue weighted by molar-refractivity contribution is 0.0630. The third-order valence-electron chi connectivity index (χ3n) is 5.82. The molecule has 5 heterocycles. The van der Waals surface area contributed by atoms with Gasteiger partial charge in [0.05, 0.1) is 30.0 Å². The summed E-state index contributed by atoms with van der Waals surface area (Å²) in [4.78, 5) is 8.41. The van der Waals surface area contributed by atoms with Crippen molar-refractivity contribution in [3.63, 3.8) is 0 Å². The fraction of sp³-hybridized carbons (Fsp3) is 0.263. The number of halogens is 3. The van der Waals surface area contributed by atoms with Crippen molar-refractivity contribution in [1.82, 2.24) is 29.9 Å². The second kappa shape index (κ2) is 4.98. The van der Waals surface area contributed by atoms with Crippen LogP contribution in [0.2, 0.25) is 0 Å². The second-order valence-electron chi connectivity index (χ2n) is 7.52. The number of aromatic nitrogens is 6. The zero-order valence-corrected chi connectivity index (χ0v) is 14.5. The van der Waals surface area contributed by atoms with Gasteiger partial charge in [-0.3, -0.25) is 14.8 Å². The summed E-state index contributed by atoms with van der Waals surface area (Å²) in [6.07, 6.45) is 4.54. The number of nitrogens with one attached hydrogen (secondary N) is 1. The van der Waals surface area contributed by atoms with Crippen LogP contribution in [0.15, 0.2) is 36.8 Å². The van der Waals surface area contributed by atoms with Crippen LogP contribution >= 0.6 is 0 Å². The first-order valence-corrected chi connectivity index (χ1v) is 8.85. The first-order chi connectivity index (χ1) is 13.5. The molecular formula is C19H13F3N6. The van der Waals surface area contributed by atoms with Crippen molar-refractivity contribution < 1.29 is 13.2 Å². The number of hydrogen-bond acceptors (Lipinski definition) is 4. The summed E-state index contributed by atoms with van der Waals surface area (Å²) in [6, 6.07) is 4.68. The van der Waals surface area contributed by atoms with Crippen LogP contribution in [0, 0.1) is 11.2 Å². The van der Waals surface area contributed by atoms with Crippen molar-refractivity contribution in [2.24, 2.45) is 5.41 Å². The van der Waals surface area contributed by atoms with Crippen molar-refractivity contribution in [2.75, 3.05) is 0 Å². The highest BCUT2D eigenvalue weighted by Gasteiger charge is 2.73. The first kappa shape index (κ1) is 15.8. The van der Waals surface area contributed by atoms with E-state index in [1.165, 1.54) is 6.07 Å². The number of fused-ring (bicyclic) bond motifs is 2. The Kier molecular flexibility index (Phi) is 2.81. The summed E-state index contributed by atoms with van der Waals surface area (Å²) >= 11 is 0. The molecule has 1 aliphatic heterocycles. The van der Waals surface area contributed by atoms with E-state index in [2.05, 4.69) is 25.3 Å². The normalized spacial score (nSPS) is 22.1. The van der Waals surface area contributed by atoms with Crippen LogP contribution in [0.5, 0.6) is 0 Å². The predicted octanol–water partition coefficient (Wildman–Crippen LogP) is 3.60. The maximum Gasteiger partial charge on any atom is 0.256 e. The van der Waals surface area contributed by atoms with Gasteiger partial charge < -0.3 is 0 Å². The Hall–Kier alpha value is -3.23. The summed E-state index contributed by atoms with van der Waals surface area (Å²) in [7, 11) is 0. The van der Waals surface area contributed by atoms with Gasteiger partial charge in [-0.25, -0.2) is 18.2 Å². The molecule has 4 aromatic rings. The molecule has 6 rings (SSSR count). The SMILES string of the molecule is Fc1ccc(-c2nn3c(c2-c2ccnc4[nH]ncc24)C[C@@]2(C3)CC2(F)F)nc1. The summed E-state index contributed by atoms with van der Waals surface area (Å²) in [5.74, 6) is -3.11. The lowest BCUT2D eigenvalue weighted by Gasteiger charge is -2.09. The van der Waals surface area contributed by atoms with Crippen molar-refractivity contribution in [2.45, 2.75) is 25.3 Å². The van der Waals surface area contributed by atoms with Crippen LogP contribution in [-0.2, 0) is 13.0 Å². The Balaban J connectivity index is 1.60. The Morgan fingerprint density at radius 2 is 1.96 bits per heavy atom. The molecule has 6 nitrogen and oxygen atoms in total. The van der Waals surface area contributed by atoms with Crippen molar-refractivity contribution in [1.29, 1.82) is 0 Å². The third kappa shape index (κ3) is 1.98. The van der Waals surface area contributed by atoms with Crippen LogP contribution < -0.4 is 0 Å². The molecule has 1 spiro atoms. The molecule has 0 aromatic carbocycles. The van der Waals surface area contributed by atoms with Crippen molar-refractivity contribution in [3.05, 3.63) is 48.3 Å². The molecule has 1 aliphatic carbocycles. The average molecular weight is 382 g/mol. The topological polar surface area (TPSA) is 72.3 Å². The van der Waals surface area contributed by atoms with Gasteiger partial charge >= 0.3 is 0 Å². The molecule has 0 bridgehead atoms. The van der Waals surface area contributed by atoms with E-state index in [1.807, 2.05) is 6.07 Å². The number of hydrogen-bond donors (Lipinski definition) is 1. The quantitative estimate of drug-likeness (QED) is 0.575. The van der Waals surface area contributed by atoms with E-state index in [1.54, 1.807) is 23.1 Å². The predicted molar refractivity (Wildman–Crippen MR) is 94.0 cm³/mol. The number of aromatic amines is 1. The zero-order valence-electron chi connectivity index (χ0n) is 14.5. The minimum absolute atomic E-state index is 0.121. The summed E-state index contributed by atoms with van der Waals surface area (Å²) < 4.78 is 43.1. The van der Waals surface area contributed by atoms with Gasteiger partial charge in [0.15, 0.2) is 5.65 Å². The van der Waals surface area contributed by atoms with Gasteiger partial charge in [0.25, 0.3) is 5.92 Å². The minimum atomic E-state index is -2.66. The Labute approximate surface area is 156 Å². The number of pyridine rings is 2. The molecule has 0 saturated heterocycles. The van der Waals surface area contributed by atoms with Gasteiger partial charge in [0.1, 0.15) is 11.5 Å². The fourth-order valence-corrected chi connectivity index (χ4v) is 4.26. The van der Waals surface area contributed by atoms with Crippen LogP contribution in [0.1, 0.15) is 12.1 Å². The minimum Gasteiger partial charge on any atom is -0.267 e. The zero-order chi connectivity index (χ0) is 19.1. The van der Waals surface area contributed by atoms with Crippen molar-refractivity contribution >= 4 is 11.0 Å². The van der Waals surface area contributed by atoms with Gasteiger partial charge in [-0.1, -0.05) is 0 Å². The highest BCUT2D eigenvalue weighted by atomic mass is 19.3.